The molecule has 4 nitrogen and oxygen atoms in total. The third kappa shape index (κ3) is 3.28. The van der Waals surface area contributed by atoms with Crippen molar-refractivity contribution in [1.82, 2.24) is 0 Å². The number of ether oxygens (including phenoxy) is 2. The minimum absolute atomic E-state index is 0.185. The van der Waals surface area contributed by atoms with Crippen LogP contribution in [0.3, 0.4) is 0 Å². The van der Waals surface area contributed by atoms with E-state index in [1.807, 2.05) is 31.2 Å². The zero-order valence-electron chi connectivity index (χ0n) is 14.0. The van der Waals surface area contributed by atoms with Gasteiger partial charge in [0.15, 0.2) is 11.5 Å². The number of fused-ring (bicyclic) bond motifs is 1. The van der Waals surface area contributed by atoms with Crippen LogP contribution in [0.15, 0.2) is 48.5 Å². The van der Waals surface area contributed by atoms with Gasteiger partial charge in [0, 0.05) is 4.88 Å². The summed E-state index contributed by atoms with van der Waals surface area (Å²) < 4.78 is 25.0. The monoisotopic (exact) mass is 369 g/mol. The first-order chi connectivity index (χ1) is 12.6. The average Bonchev–Trinajstić information content (AvgIpc) is 3.14. The molecule has 0 atom stereocenters. The second-order valence-corrected chi connectivity index (χ2v) is 7.04. The highest BCUT2D eigenvalue weighted by Crippen LogP contribution is 2.37. The highest BCUT2D eigenvalue weighted by molar-refractivity contribution is 7.17. The van der Waals surface area contributed by atoms with Gasteiger partial charge in [-0.05, 0) is 60.5 Å². The topological polar surface area (TPSA) is 47.6 Å². The van der Waals surface area contributed by atoms with Crippen molar-refractivity contribution >= 4 is 22.9 Å². The van der Waals surface area contributed by atoms with Crippen LogP contribution >= 0.6 is 11.3 Å². The Morgan fingerprint density at radius 3 is 2.69 bits per heavy atom. The molecule has 0 aliphatic carbocycles. The van der Waals surface area contributed by atoms with Crippen LogP contribution in [0.25, 0.3) is 10.4 Å². The van der Waals surface area contributed by atoms with Crippen molar-refractivity contribution in [2.24, 2.45) is 0 Å². The molecule has 6 heteroatoms. The van der Waals surface area contributed by atoms with Crippen LogP contribution in [0.4, 0.5) is 10.1 Å². The van der Waals surface area contributed by atoms with Crippen molar-refractivity contribution in [2.45, 2.75) is 6.92 Å². The van der Waals surface area contributed by atoms with Crippen LogP contribution in [0.2, 0.25) is 0 Å². The zero-order chi connectivity index (χ0) is 18.1. The standard InChI is InChI=1S/C20H16FNO3S/c1-12-2-4-14(21)15(10-12)22-20(23)19-7-6-18(26-19)13-3-5-16-17(11-13)25-9-8-24-16/h2-7,10-11H,8-9H2,1H3,(H,22,23). The lowest BCUT2D eigenvalue weighted by molar-refractivity contribution is 0.103. The average molecular weight is 369 g/mol. The van der Waals surface area contributed by atoms with Crippen molar-refractivity contribution in [2.75, 3.05) is 18.5 Å². The number of amides is 1. The van der Waals surface area contributed by atoms with Crippen LogP contribution in [0, 0.1) is 12.7 Å². The molecule has 0 bridgehead atoms. The number of thiophene rings is 1. The Bertz CT molecular complexity index is 983. The number of anilines is 1. The molecule has 0 radical (unpaired) electrons. The first-order valence-electron chi connectivity index (χ1n) is 8.17. The maximum absolute atomic E-state index is 13.8. The fraction of sp³-hybridized carbons (Fsp3) is 0.150. The van der Waals surface area contributed by atoms with E-state index in [-0.39, 0.29) is 11.6 Å². The summed E-state index contributed by atoms with van der Waals surface area (Å²) in [5.41, 5.74) is 2.01. The lowest BCUT2D eigenvalue weighted by atomic mass is 10.1. The van der Waals surface area contributed by atoms with E-state index in [9.17, 15) is 9.18 Å². The lowest BCUT2D eigenvalue weighted by Gasteiger charge is -2.18. The Morgan fingerprint density at radius 2 is 1.85 bits per heavy atom. The van der Waals surface area contributed by atoms with E-state index in [0.29, 0.717) is 23.8 Å². The summed E-state index contributed by atoms with van der Waals surface area (Å²) in [6.45, 7) is 2.92. The lowest BCUT2D eigenvalue weighted by Crippen LogP contribution is -2.15. The number of rotatable bonds is 3. The van der Waals surface area contributed by atoms with Gasteiger partial charge in [-0.1, -0.05) is 6.07 Å². The summed E-state index contributed by atoms with van der Waals surface area (Å²) in [6, 6.07) is 13.9. The maximum Gasteiger partial charge on any atom is 0.265 e. The predicted octanol–water partition coefficient (Wildman–Crippen LogP) is 4.89. The molecule has 1 N–H and O–H groups in total. The zero-order valence-corrected chi connectivity index (χ0v) is 14.9. The molecule has 0 saturated heterocycles. The number of hydrogen-bond donors (Lipinski definition) is 1. The molecule has 0 fully saturated rings. The summed E-state index contributed by atoms with van der Waals surface area (Å²) in [6.07, 6.45) is 0. The Morgan fingerprint density at radius 1 is 1.04 bits per heavy atom. The minimum Gasteiger partial charge on any atom is -0.486 e. The number of carbonyl (C=O) groups is 1. The van der Waals surface area contributed by atoms with Crippen molar-refractivity contribution < 1.29 is 18.7 Å². The van der Waals surface area contributed by atoms with Crippen LogP contribution in [0.5, 0.6) is 11.5 Å². The van der Waals surface area contributed by atoms with Crippen LogP contribution < -0.4 is 14.8 Å². The van der Waals surface area contributed by atoms with E-state index in [2.05, 4.69) is 5.32 Å². The summed E-state index contributed by atoms with van der Waals surface area (Å²) in [4.78, 5) is 13.9. The Labute approximate surface area is 154 Å². The molecule has 0 spiro atoms. The number of carbonyl (C=O) groups excluding carboxylic acids is 1. The van der Waals surface area contributed by atoms with E-state index in [4.69, 9.17) is 9.47 Å². The van der Waals surface area contributed by atoms with E-state index < -0.39 is 5.82 Å². The van der Waals surface area contributed by atoms with Gasteiger partial charge in [0.2, 0.25) is 0 Å². The molecular formula is C20H16FNO3S. The largest absolute Gasteiger partial charge is 0.486 e. The fourth-order valence-corrected chi connectivity index (χ4v) is 3.63. The number of halogens is 1. The molecule has 4 rings (SSSR count). The molecule has 1 aliphatic rings. The number of benzene rings is 2. The van der Waals surface area contributed by atoms with Gasteiger partial charge >= 0.3 is 0 Å². The van der Waals surface area contributed by atoms with Crippen molar-refractivity contribution in [3.63, 3.8) is 0 Å². The Hall–Kier alpha value is -2.86. The summed E-state index contributed by atoms with van der Waals surface area (Å²) in [7, 11) is 0. The molecule has 1 amide bonds. The number of hydrogen-bond acceptors (Lipinski definition) is 4. The Kier molecular flexibility index (Phi) is 4.34. The fourth-order valence-electron chi connectivity index (χ4n) is 2.73. The quantitative estimate of drug-likeness (QED) is 0.715. The molecule has 2 aromatic carbocycles. The summed E-state index contributed by atoms with van der Waals surface area (Å²) >= 11 is 1.34. The number of aryl methyl sites for hydroxylation is 1. The maximum atomic E-state index is 13.8. The third-order valence-electron chi connectivity index (χ3n) is 4.03. The molecule has 26 heavy (non-hydrogen) atoms. The minimum atomic E-state index is -0.451. The molecule has 3 aromatic rings. The van der Waals surface area contributed by atoms with Gasteiger partial charge in [0.25, 0.3) is 5.91 Å². The second kappa shape index (κ2) is 6.80. The SMILES string of the molecule is Cc1ccc(F)c(NC(=O)c2ccc(-c3ccc4c(c3)OCCO4)s2)c1. The van der Waals surface area contributed by atoms with E-state index >= 15 is 0 Å². The first-order valence-corrected chi connectivity index (χ1v) is 8.99. The highest BCUT2D eigenvalue weighted by Gasteiger charge is 2.16. The van der Waals surface area contributed by atoms with Crippen molar-refractivity contribution in [3.8, 4) is 21.9 Å². The normalized spacial score (nSPS) is 12.7. The highest BCUT2D eigenvalue weighted by atomic mass is 32.1. The number of nitrogens with one attached hydrogen (secondary N) is 1. The molecule has 1 aromatic heterocycles. The molecular weight excluding hydrogens is 353 g/mol. The van der Waals surface area contributed by atoms with Crippen molar-refractivity contribution in [1.29, 1.82) is 0 Å². The molecule has 2 heterocycles. The first kappa shape index (κ1) is 16.6. The molecule has 0 saturated carbocycles. The van der Waals surface area contributed by atoms with Crippen LogP contribution in [0.1, 0.15) is 15.2 Å². The smallest absolute Gasteiger partial charge is 0.265 e. The van der Waals surface area contributed by atoms with E-state index in [1.165, 1.54) is 17.4 Å². The summed E-state index contributed by atoms with van der Waals surface area (Å²) in [5.74, 6) is 0.648. The predicted molar refractivity (Wildman–Crippen MR) is 99.8 cm³/mol. The van der Waals surface area contributed by atoms with Gasteiger partial charge in [-0.2, -0.15) is 0 Å². The second-order valence-electron chi connectivity index (χ2n) is 5.96. The Balaban J connectivity index is 1.56. The molecule has 132 valence electrons. The van der Waals surface area contributed by atoms with Gasteiger partial charge in [0.1, 0.15) is 19.0 Å². The van der Waals surface area contributed by atoms with Crippen LogP contribution in [-0.2, 0) is 0 Å². The molecule has 0 unspecified atom stereocenters. The van der Waals surface area contributed by atoms with Crippen molar-refractivity contribution in [3.05, 3.63) is 64.8 Å². The van der Waals surface area contributed by atoms with E-state index in [1.54, 1.807) is 18.2 Å². The summed E-state index contributed by atoms with van der Waals surface area (Å²) in [5, 5.41) is 2.63. The van der Waals surface area contributed by atoms with Gasteiger partial charge in [-0.3, -0.25) is 4.79 Å². The van der Waals surface area contributed by atoms with Gasteiger partial charge in [-0.15, -0.1) is 11.3 Å². The molecule has 1 aliphatic heterocycles. The van der Waals surface area contributed by atoms with Gasteiger partial charge < -0.3 is 14.8 Å². The third-order valence-corrected chi connectivity index (χ3v) is 5.16. The van der Waals surface area contributed by atoms with Gasteiger partial charge in [0.05, 0.1) is 10.6 Å². The van der Waals surface area contributed by atoms with E-state index in [0.717, 1.165) is 21.8 Å². The van der Waals surface area contributed by atoms with Crippen LogP contribution in [-0.4, -0.2) is 19.1 Å². The van der Waals surface area contributed by atoms with Gasteiger partial charge in [-0.25, -0.2) is 4.39 Å².